The van der Waals surface area contributed by atoms with E-state index < -0.39 is 17.7 Å². The van der Waals surface area contributed by atoms with Crippen molar-refractivity contribution < 1.29 is 23.8 Å². The first-order valence-electron chi connectivity index (χ1n) is 10.5. The molecule has 7 nitrogen and oxygen atoms in total. The average molecular weight is 461 g/mol. The summed E-state index contributed by atoms with van der Waals surface area (Å²) in [5, 5.41) is 0.429. The van der Waals surface area contributed by atoms with Gasteiger partial charge in [0.2, 0.25) is 0 Å². The van der Waals surface area contributed by atoms with E-state index in [9.17, 15) is 9.59 Å². The van der Waals surface area contributed by atoms with E-state index in [4.69, 9.17) is 31.5 Å². The predicted molar refractivity (Wildman–Crippen MR) is 123 cm³/mol. The van der Waals surface area contributed by atoms with Gasteiger partial charge in [-0.1, -0.05) is 23.7 Å². The second-order valence-corrected chi connectivity index (χ2v) is 9.13. The number of piperidine rings is 1. The van der Waals surface area contributed by atoms with Crippen LogP contribution in [0.3, 0.4) is 0 Å². The topological polar surface area (TPSA) is 91.1 Å². The Labute approximate surface area is 193 Å². The molecular weight excluding hydrogens is 432 g/mol. The molecular formula is C24H29ClN2O5. The molecule has 1 aliphatic rings. The number of esters is 2. The zero-order valence-electron chi connectivity index (χ0n) is 18.8. The summed E-state index contributed by atoms with van der Waals surface area (Å²) in [5.74, 6) is -0.270. The minimum absolute atomic E-state index is 0.230. The van der Waals surface area contributed by atoms with Gasteiger partial charge in [-0.25, -0.2) is 4.79 Å². The highest BCUT2D eigenvalue weighted by Gasteiger charge is 2.33. The highest BCUT2D eigenvalue weighted by Crippen LogP contribution is 2.35. The maximum atomic E-state index is 12.5. The van der Waals surface area contributed by atoms with Crippen LogP contribution in [-0.2, 0) is 14.3 Å². The highest BCUT2D eigenvalue weighted by molar-refractivity contribution is 6.32. The van der Waals surface area contributed by atoms with Crippen molar-refractivity contribution in [1.82, 2.24) is 0 Å². The number of carbonyl (C=O) groups excluding carboxylic acids is 2. The van der Waals surface area contributed by atoms with Crippen LogP contribution < -0.4 is 15.4 Å². The van der Waals surface area contributed by atoms with Crippen LogP contribution in [0.15, 0.2) is 42.5 Å². The molecule has 0 radical (unpaired) electrons. The maximum Gasteiger partial charge on any atom is 0.341 e. The molecule has 0 amide bonds. The van der Waals surface area contributed by atoms with E-state index in [-0.39, 0.29) is 17.5 Å². The molecule has 2 aromatic rings. The van der Waals surface area contributed by atoms with E-state index in [0.717, 1.165) is 5.69 Å². The standard InChI is InChI=1S/C24H29ClN2O5/c1-24(2,3)32-22(28)15-11-12-27(21(26)13-15)16-9-10-19(17(14-16)23(29)30-4)31-20-8-6-5-7-18(20)25/h5-10,14-15,21H,11-13,26H2,1-4H3. The summed E-state index contributed by atoms with van der Waals surface area (Å²) in [6.45, 7) is 6.10. The van der Waals surface area contributed by atoms with E-state index >= 15 is 0 Å². The smallest absolute Gasteiger partial charge is 0.341 e. The zero-order valence-corrected chi connectivity index (χ0v) is 19.5. The second kappa shape index (κ2) is 9.79. The third kappa shape index (κ3) is 5.72. The Morgan fingerprint density at radius 3 is 2.47 bits per heavy atom. The Bertz CT molecular complexity index is 989. The zero-order chi connectivity index (χ0) is 23.5. The van der Waals surface area contributed by atoms with Crippen molar-refractivity contribution in [3.63, 3.8) is 0 Å². The highest BCUT2D eigenvalue weighted by atomic mass is 35.5. The van der Waals surface area contributed by atoms with E-state index in [2.05, 4.69) is 0 Å². The summed E-state index contributed by atoms with van der Waals surface area (Å²) in [5.41, 5.74) is 6.86. The lowest BCUT2D eigenvalue weighted by Gasteiger charge is -2.39. The monoisotopic (exact) mass is 460 g/mol. The normalized spacial score (nSPS) is 18.8. The summed E-state index contributed by atoms with van der Waals surface area (Å²) in [7, 11) is 1.31. The predicted octanol–water partition coefficient (Wildman–Crippen LogP) is 4.76. The Balaban J connectivity index is 1.81. The number of ether oxygens (including phenoxy) is 3. The van der Waals surface area contributed by atoms with Gasteiger partial charge >= 0.3 is 11.9 Å². The number of benzene rings is 2. The molecule has 0 saturated carbocycles. The van der Waals surface area contributed by atoms with Crippen LogP contribution in [0.4, 0.5) is 5.69 Å². The number of hydrogen-bond acceptors (Lipinski definition) is 7. The fourth-order valence-electron chi connectivity index (χ4n) is 3.62. The van der Waals surface area contributed by atoms with E-state index in [1.54, 1.807) is 36.4 Å². The van der Waals surface area contributed by atoms with Crippen LogP contribution in [0.1, 0.15) is 44.0 Å². The van der Waals surface area contributed by atoms with Crippen LogP contribution >= 0.6 is 11.6 Å². The van der Waals surface area contributed by atoms with Crippen molar-refractivity contribution in [3.05, 3.63) is 53.1 Å². The molecule has 1 heterocycles. The Kier molecular flexibility index (Phi) is 7.31. The van der Waals surface area contributed by atoms with Gasteiger partial charge in [0.25, 0.3) is 0 Å². The van der Waals surface area contributed by atoms with Crippen LogP contribution in [0.5, 0.6) is 11.5 Å². The SMILES string of the molecule is COC(=O)c1cc(N2CCC(C(=O)OC(C)(C)C)CC2N)ccc1Oc1ccccc1Cl. The molecule has 2 atom stereocenters. The van der Waals surface area contributed by atoms with Crippen molar-refractivity contribution in [2.75, 3.05) is 18.6 Å². The molecule has 32 heavy (non-hydrogen) atoms. The number of halogens is 1. The lowest BCUT2D eigenvalue weighted by molar-refractivity contribution is -0.161. The Morgan fingerprint density at radius 1 is 1.12 bits per heavy atom. The van der Waals surface area contributed by atoms with Gasteiger partial charge in [0.15, 0.2) is 0 Å². The van der Waals surface area contributed by atoms with Gasteiger partial charge in [-0.2, -0.15) is 0 Å². The van der Waals surface area contributed by atoms with Gasteiger partial charge in [-0.3, -0.25) is 4.79 Å². The minimum Gasteiger partial charge on any atom is -0.465 e. The number of nitrogens with zero attached hydrogens (tertiary/aromatic N) is 1. The Morgan fingerprint density at radius 2 is 1.84 bits per heavy atom. The number of nitrogens with two attached hydrogens (primary N) is 1. The summed E-state index contributed by atoms with van der Waals surface area (Å²) < 4.78 is 16.3. The lowest BCUT2D eigenvalue weighted by Crippen LogP contribution is -2.50. The number of anilines is 1. The molecule has 1 aliphatic heterocycles. The second-order valence-electron chi connectivity index (χ2n) is 8.72. The maximum absolute atomic E-state index is 12.5. The minimum atomic E-state index is -0.536. The van der Waals surface area contributed by atoms with Crippen LogP contribution in [-0.4, -0.2) is 37.4 Å². The summed E-state index contributed by atoms with van der Waals surface area (Å²) in [6, 6.07) is 12.2. The van der Waals surface area contributed by atoms with E-state index in [1.165, 1.54) is 7.11 Å². The average Bonchev–Trinajstić information content (AvgIpc) is 2.74. The Hall–Kier alpha value is -2.77. The summed E-state index contributed by atoms with van der Waals surface area (Å²) in [6.07, 6.45) is 0.663. The lowest BCUT2D eigenvalue weighted by atomic mass is 9.93. The van der Waals surface area contributed by atoms with Gasteiger partial charge in [0.05, 0.1) is 24.2 Å². The molecule has 0 aromatic heterocycles. The molecule has 2 N–H and O–H groups in total. The van der Waals surface area contributed by atoms with Crippen molar-refractivity contribution in [3.8, 4) is 11.5 Å². The van der Waals surface area contributed by atoms with Crippen molar-refractivity contribution >= 4 is 29.2 Å². The van der Waals surface area contributed by atoms with Crippen molar-refractivity contribution in [2.24, 2.45) is 11.7 Å². The number of rotatable bonds is 5. The molecule has 3 rings (SSSR count). The molecule has 2 unspecified atom stereocenters. The first-order chi connectivity index (χ1) is 15.1. The summed E-state index contributed by atoms with van der Waals surface area (Å²) >= 11 is 6.19. The van der Waals surface area contributed by atoms with Crippen LogP contribution in [0, 0.1) is 5.92 Å². The van der Waals surface area contributed by atoms with Gasteiger partial charge < -0.3 is 24.8 Å². The molecule has 0 aliphatic carbocycles. The fraction of sp³-hybridized carbons (Fsp3) is 0.417. The van der Waals surface area contributed by atoms with Crippen molar-refractivity contribution in [1.29, 1.82) is 0 Å². The number of para-hydroxylation sites is 1. The van der Waals surface area contributed by atoms with Crippen LogP contribution in [0.2, 0.25) is 5.02 Å². The quantitative estimate of drug-likeness (QED) is 0.643. The number of methoxy groups -OCH3 is 1. The third-order valence-electron chi connectivity index (χ3n) is 5.14. The molecule has 0 spiro atoms. The van der Waals surface area contributed by atoms with Gasteiger partial charge in [0.1, 0.15) is 22.7 Å². The fourth-order valence-corrected chi connectivity index (χ4v) is 3.79. The molecule has 0 bridgehead atoms. The van der Waals surface area contributed by atoms with Crippen molar-refractivity contribution in [2.45, 2.75) is 45.4 Å². The summed E-state index contributed by atoms with van der Waals surface area (Å²) in [4.78, 5) is 26.9. The largest absolute Gasteiger partial charge is 0.465 e. The number of hydrogen-bond donors (Lipinski definition) is 1. The molecule has 2 aromatic carbocycles. The van der Waals surface area contributed by atoms with E-state index in [0.29, 0.717) is 35.9 Å². The molecule has 8 heteroatoms. The number of carbonyl (C=O) groups is 2. The molecule has 1 saturated heterocycles. The third-order valence-corrected chi connectivity index (χ3v) is 5.45. The van der Waals surface area contributed by atoms with Gasteiger partial charge in [-0.05, 0) is 63.9 Å². The van der Waals surface area contributed by atoms with Crippen LogP contribution in [0.25, 0.3) is 0 Å². The van der Waals surface area contributed by atoms with Gasteiger partial charge in [-0.15, -0.1) is 0 Å². The van der Waals surface area contributed by atoms with Gasteiger partial charge in [0, 0.05) is 12.2 Å². The first kappa shape index (κ1) is 23.9. The molecule has 172 valence electrons. The first-order valence-corrected chi connectivity index (χ1v) is 10.9. The molecule has 1 fully saturated rings. The van der Waals surface area contributed by atoms with E-state index in [1.807, 2.05) is 31.7 Å².